The number of nitrogens with two attached hydrogens (primary N) is 1. The van der Waals surface area contributed by atoms with Crippen molar-refractivity contribution in [2.45, 2.75) is 66.9 Å². The Balaban J connectivity index is 1.67. The molecule has 2 aromatic heterocycles. The normalized spacial score (nSPS) is 26.3. The van der Waals surface area contributed by atoms with Gasteiger partial charge in [-0.15, -0.1) is 0 Å². The Labute approximate surface area is 270 Å². The molecule has 3 aliphatic rings. The number of aliphatic hydroxyl groups excluding tert-OH is 1. The van der Waals surface area contributed by atoms with E-state index in [1.165, 1.54) is 4.90 Å². The Bertz CT molecular complexity index is 1730. The molecule has 6 N–H and O–H groups in total. The first kappa shape index (κ1) is 32.6. The van der Waals surface area contributed by atoms with E-state index in [0.717, 1.165) is 19.8 Å². The van der Waals surface area contributed by atoms with Gasteiger partial charge < -0.3 is 0 Å². The van der Waals surface area contributed by atoms with Crippen molar-refractivity contribution in [2.24, 2.45) is 0 Å². The molecule has 6 rings (SSSR count). The third kappa shape index (κ3) is 5.14. The molecule has 250 valence electrons. The van der Waals surface area contributed by atoms with E-state index in [1.807, 2.05) is 6.92 Å². The molecule has 5 atom stereocenters. The van der Waals surface area contributed by atoms with E-state index in [2.05, 4.69) is 30.5 Å². The van der Waals surface area contributed by atoms with Crippen molar-refractivity contribution in [1.29, 1.82) is 0 Å². The maximum absolute atomic E-state index is 16.8. The third-order valence-electron chi connectivity index (χ3n) is 9.15. The predicted octanol–water partition coefficient (Wildman–Crippen LogP) is 0.306. The van der Waals surface area contributed by atoms with Gasteiger partial charge in [0.1, 0.15) is 0 Å². The number of ether oxygens (including phenoxy) is 1. The number of aliphatic hydroxyl groups is 1. The number of nitrogen functional groups attached to an aromatic ring is 1. The van der Waals surface area contributed by atoms with Crippen LogP contribution in [-0.2, 0) is 11.0 Å². The van der Waals surface area contributed by atoms with Gasteiger partial charge in [0, 0.05) is 0 Å². The van der Waals surface area contributed by atoms with Gasteiger partial charge in [0.25, 0.3) is 0 Å². The summed E-state index contributed by atoms with van der Waals surface area (Å²) in [5.41, 5.74) is -1.07. The van der Waals surface area contributed by atoms with Crippen molar-refractivity contribution in [2.75, 3.05) is 40.6 Å². The molecule has 2 bridgehead atoms. The number of alkyl halides is 5. The summed E-state index contributed by atoms with van der Waals surface area (Å²) in [4.78, 5) is 28.7. The zero-order chi connectivity index (χ0) is 33.3. The molecular formula is C29H32F5IN7O4-. The minimum atomic E-state index is -5.11. The van der Waals surface area contributed by atoms with Crippen LogP contribution in [0.25, 0.3) is 22.2 Å². The molecule has 3 aromatic rings. The predicted molar refractivity (Wildman–Crippen MR) is 154 cm³/mol. The molecule has 2 saturated heterocycles. The van der Waals surface area contributed by atoms with Gasteiger partial charge in [-0.05, 0) is 0 Å². The van der Waals surface area contributed by atoms with Crippen LogP contribution in [0, 0.1) is 18.6 Å². The molecule has 11 nitrogen and oxygen atoms in total. The van der Waals surface area contributed by atoms with Crippen molar-refractivity contribution >= 4 is 34.3 Å². The van der Waals surface area contributed by atoms with E-state index in [1.54, 1.807) is 0 Å². The molecule has 46 heavy (non-hydrogen) atoms. The number of aromatic nitrogens is 3. The van der Waals surface area contributed by atoms with Gasteiger partial charge in [0.2, 0.25) is 0 Å². The van der Waals surface area contributed by atoms with Gasteiger partial charge in [0.05, 0.1) is 0 Å². The number of anilines is 3. The Morgan fingerprint density at radius 1 is 1.24 bits per heavy atom. The quantitative estimate of drug-likeness (QED) is 0.105. The fourth-order valence-electron chi connectivity index (χ4n) is 6.63. The van der Waals surface area contributed by atoms with Crippen LogP contribution in [0.5, 0.6) is 5.88 Å². The van der Waals surface area contributed by atoms with Gasteiger partial charge in [-0.2, -0.15) is 0 Å². The fourth-order valence-corrected chi connectivity index (χ4v) is 9.23. The van der Waals surface area contributed by atoms with E-state index < -0.39 is 96.8 Å². The SMILES string of the molecule is C[I-]C1C2CCC(CNc3nc(N4CC[C@]4(CO)C(=O)O)nc4c(F)c(-c5cc(N)c(F)c(C)c5C(F)(F)F)nc(c34)O[C@H]1C)N2. The summed E-state index contributed by atoms with van der Waals surface area (Å²) < 4.78 is 81.2. The number of nitrogens with zero attached hydrogens (tertiary/aromatic N) is 4. The molecular weight excluding hydrogens is 732 g/mol. The Morgan fingerprint density at radius 3 is 2.59 bits per heavy atom. The topological polar surface area (TPSA) is 159 Å². The average Bonchev–Trinajstić information content (AvgIpc) is 3.43. The number of halogens is 6. The second-order valence-electron chi connectivity index (χ2n) is 11.8. The van der Waals surface area contributed by atoms with E-state index in [0.29, 0.717) is 12.6 Å². The molecule has 3 aliphatic heterocycles. The molecule has 5 heterocycles. The van der Waals surface area contributed by atoms with Crippen molar-refractivity contribution in [1.82, 2.24) is 20.3 Å². The summed E-state index contributed by atoms with van der Waals surface area (Å²) in [6.45, 7) is 2.38. The van der Waals surface area contributed by atoms with Gasteiger partial charge in [-0.3, -0.25) is 0 Å². The molecule has 1 aromatic carbocycles. The van der Waals surface area contributed by atoms with Gasteiger partial charge in [-0.25, -0.2) is 0 Å². The second kappa shape index (κ2) is 11.7. The van der Waals surface area contributed by atoms with E-state index >= 15 is 4.39 Å². The number of benzene rings is 1. The molecule has 0 radical (unpaired) electrons. The number of nitrogens with one attached hydrogen (secondary N) is 2. The molecule has 3 unspecified atom stereocenters. The zero-order valence-electron chi connectivity index (χ0n) is 25.0. The summed E-state index contributed by atoms with van der Waals surface area (Å²) in [5.74, 6) is -4.40. The van der Waals surface area contributed by atoms with E-state index in [9.17, 15) is 32.6 Å². The van der Waals surface area contributed by atoms with Gasteiger partial charge in [-0.1, -0.05) is 0 Å². The number of fused-ring (bicyclic) bond motifs is 2. The Kier molecular flexibility index (Phi) is 8.32. The van der Waals surface area contributed by atoms with Crippen LogP contribution in [0.3, 0.4) is 0 Å². The first-order chi connectivity index (χ1) is 21.7. The zero-order valence-corrected chi connectivity index (χ0v) is 27.1. The first-order valence-electron chi connectivity index (χ1n) is 14.6. The van der Waals surface area contributed by atoms with Crippen molar-refractivity contribution in [3.05, 3.63) is 28.8 Å². The Hall–Kier alpha value is -3.32. The second-order valence-corrected chi connectivity index (χ2v) is 14.5. The van der Waals surface area contributed by atoms with Gasteiger partial charge in [0.15, 0.2) is 0 Å². The standard InChI is InChI=1S/C29H32F5IN7O4/c1-11-18(29(32,33)34)14(8-15(36)19(11)30)22-20(31)23-17-24(41-27(40-23)42-7-6-28(42,10-43)26(44)45)37-9-13-4-5-16(38-13)21(35-3)12(2)46-25(17)39-22/h8,12-13,16,21,38,43H,4-7,9-10,36H2,1-3H3,(H,44,45)(H,37,40,41)/q-1/t12-,13?,16?,21?,28-/m0/s1. The maximum atomic E-state index is 16.8. The van der Waals surface area contributed by atoms with Crippen LogP contribution >= 0.6 is 0 Å². The number of carboxylic acid groups (broad SMARTS) is 1. The summed E-state index contributed by atoms with van der Waals surface area (Å²) in [6, 6.07) is 0.808. The molecule has 0 spiro atoms. The van der Waals surface area contributed by atoms with Crippen LogP contribution in [0.1, 0.15) is 37.3 Å². The summed E-state index contributed by atoms with van der Waals surface area (Å²) in [6.07, 6.45) is -3.85. The molecule has 0 amide bonds. The van der Waals surface area contributed by atoms with Crippen molar-refractivity contribution < 1.29 is 62.9 Å². The summed E-state index contributed by atoms with van der Waals surface area (Å²) >= 11 is -0.417. The van der Waals surface area contributed by atoms with Crippen LogP contribution in [0.15, 0.2) is 6.07 Å². The third-order valence-corrected chi connectivity index (χ3v) is 12.5. The fraction of sp³-hybridized carbons (Fsp3) is 0.517. The molecule has 2 fully saturated rings. The van der Waals surface area contributed by atoms with Crippen LogP contribution in [-0.4, -0.2) is 83.4 Å². The number of carboxylic acids is 1. The Morgan fingerprint density at radius 2 is 1.98 bits per heavy atom. The molecule has 17 heteroatoms. The number of aliphatic carboxylic acids is 1. The van der Waals surface area contributed by atoms with Crippen molar-refractivity contribution in [3.63, 3.8) is 0 Å². The minimum absolute atomic E-state index is 0.0152. The van der Waals surface area contributed by atoms with Gasteiger partial charge >= 0.3 is 271 Å². The van der Waals surface area contributed by atoms with E-state index in [4.69, 9.17) is 10.5 Å². The number of hydrogen-bond donors (Lipinski definition) is 5. The number of carbonyl (C=O) groups is 1. The first-order valence-corrected chi connectivity index (χ1v) is 18.0. The average molecular weight is 765 g/mol. The van der Waals surface area contributed by atoms with Crippen molar-refractivity contribution in [3.8, 4) is 17.1 Å². The van der Waals surface area contributed by atoms with Crippen LogP contribution in [0.2, 0.25) is 0 Å². The van der Waals surface area contributed by atoms with Crippen LogP contribution in [0.4, 0.5) is 39.4 Å². The summed E-state index contributed by atoms with van der Waals surface area (Å²) in [7, 11) is 0. The van der Waals surface area contributed by atoms with E-state index in [-0.39, 0.29) is 52.0 Å². The number of hydrogen-bond acceptors (Lipinski definition) is 10. The summed E-state index contributed by atoms with van der Waals surface area (Å²) in [5, 5.41) is 26.7. The number of pyridine rings is 1. The molecule has 0 aliphatic carbocycles. The number of rotatable bonds is 5. The molecule has 0 saturated carbocycles. The monoisotopic (exact) mass is 764 g/mol. The van der Waals surface area contributed by atoms with Crippen LogP contribution < -0.4 is 47.2 Å².